The van der Waals surface area contributed by atoms with Crippen LogP contribution in [0, 0.1) is 5.82 Å². The van der Waals surface area contributed by atoms with Crippen LogP contribution in [-0.2, 0) is 5.54 Å². The average molecular weight is 275 g/mol. The second-order valence-electron chi connectivity index (χ2n) is 4.85. The molecule has 1 atom stereocenters. The summed E-state index contributed by atoms with van der Waals surface area (Å²) < 4.78 is 18.1. The lowest BCUT2D eigenvalue weighted by atomic mass is 9.92. The molecule has 2 rings (SSSR count). The van der Waals surface area contributed by atoms with E-state index in [0.717, 1.165) is 17.0 Å². The number of aliphatic hydroxyl groups excluding tert-OH is 1. The van der Waals surface area contributed by atoms with Gasteiger partial charge in [-0.1, -0.05) is 12.1 Å². The maximum absolute atomic E-state index is 13.0. The van der Waals surface area contributed by atoms with Crippen LogP contribution in [0.5, 0.6) is 5.75 Å². The van der Waals surface area contributed by atoms with Crippen molar-refractivity contribution in [1.82, 2.24) is 0 Å². The number of hydrogen-bond acceptors (Lipinski definition) is 3. The zero-order valence-corrected chi connectivity index (χ0v) is 11.6. The highest BCUT2D eigenvalue weighted by Crippen LogP contribution is 2.27. The molecule has 0 radical (unpaired) electrons. The first-order chi connectivity index (χ1) is 9.57. The van der Waals surface area contributed by atoms with E-state index in [4.69, 9.17) is 4.74 Å². The molecule has 0 aliphatic heterocycles. The lowest BCUT2D eigenvalue weighted by molar-refractivity contribution is 0.224. The van der Waals surface area contributed by atoms with Gasteiger partial charge in [0.2, 0.25) is 0 Å². The van der Waals surface area contributed by atoms with Crippen molar-refractivity contribution in [3.63, 3.8) is 0 Å². The third-order valence-electron chi connectivity index (χ3n) is 3.31. The van der Waals surface area contributed by atoms with Gasteiger partial charge in [-0.25, -0.2) is 4.39 Å². The van der Waals surface area contributed by atoms with Gasteiger partial charge >= 0.3 is 0 Å². The first-order valence-electron chi connectivity index (χ1n) is 6.36. The number of ether oxygens (including phenoxy) is 1. The molecule has 0 amide bonds. The van der Waals surface area contributed by atoms with Crippen LogP contribution in [0.3, 0.4) is 0 Å². The first kappa shape index (κ1) is 14.3. The van der Waals surface area contributed by atoms with Crippen LogP contribution in [0.15, 0.2) is 48.5 Å². The number of aliphatic hydroxyl groups is 1. The molecule has 3 nitrogen and oxygen atoms in total. The molecule has 1 unspecified atom stereocenters. The van der Waals surface area contributed by atoms with Gasteiger partial charge in [-0.15, -0.1) is 0 Å². The third-order valence-corrected chi connectivity index (χ3v) is 3.31. The van der Waals surface area contributed by atoms with Gasteiger partial charge in [0.25, 0.3) is 0 Å². The molecule has 0 spiro atoms. The summed E-state index contributed by atoms with van der Waals surface area (Å²) in [6, 6.07) is 13.5. The fourth-order valence-corrected chi connectivity index (χ4v) is 2.01. The van der Waals surface area contributed by atoms with Gasteiger partial charge in [0, 0.05) is 5.69 Å². The smallest absolute Gasteiger partial charge is 0.123 e. The zero-order valence-electron chi connectivity index (χ0n) is 11.6. The van der Waals surface area contributed by atoms with Crippen LogP contribution in [0.1, 0.15) is 12.5 Å². The summed E-state index contributed by atoms with van der Waals surface area (Å²) in [5, 5.41) is 13.0. The van der Waals surface area contributed by atoms with E-state index in [-0.39, 0.29) is 12.4 Å². The Morgan fingerprint density at radius 3 is 2.20 bits per heavy atom. The monoisotopic (exact) mass is 275 g/mol. The molecular weight excluding hydrogens is 257 g/mol. The number of rotatable bonds is 5. The quantitative estimate of drug-likeness (QED) is 0.880. The molecule has 0 heterocycles. The molecule has 0 saturated carbocycles. The van der Waals surface area contributed by atoms with Gasteiger partial charge in [-0.3, -0.25) is 0 Å². The highest BCUT2D eigenvalue weighted by Gasteiger charge is 2.25. The minimum atomic E-state index is -0.678. The Kier molecular flexibility index (Phi) is 4.25. The van der Waals surface area contributed by atoms with E-state index in [1.54, 1.807) is 19.2 Å². The number of halogens is 1. The van der Waals surface area contributed by atoms with Gasteiger partial charge in [0.15, 0.2) is 0 Å². The maximum Gasteiger partial charge on any atom is 0.123 e. The van der Waals surface area contributed by atoms with Crippen molar-refractivity contribution in [2.75, 3.05) is 19.0 Å². The Morgan fingerprint density at radius 2 is 1.70 bits per heavy atom. The molecule has 2 aromatic rings. The molecule has 0 aromatic heterocycles. The molecule has 0 aliphatic carbocycles. The van der Waals surface area contributed by atoms with Crippen LogP contribution in [0.4, 0.5) is 10.1 Å². The Balaban J connectivity index is 2.23. The van der Waals surface area contributed by atoms with Crippen molar-refractivity contribution in [2.24, 2.45) is 0 Å². The summed E-state index contributed by atoms with van der Waals surface area (Å²) in [6.07, 6.45) is 0. The number of anilines is 1. The van der Waals surface area contributed by atoms with E-state index < -0.39 is 5.54 Å². The van der Waals surface area contributed by atoms with Crippen molar-refractivity contribution in [3.05, 3.63) is 59.9 Å². The second-order valence-corrected chi connectivity index (χ2v) is 4.85. The number of nitrogens with one attached hydrogen (secondary N) is 1. The van der Waals surface area contributed by atoms with Gasteiger partial charge in [-0.05, 0) is 48.9 Å². The SMILES string of the molecule is COc1ccc(NC(C)(CO)c2ccc(F)cc2)cc1. The molecule has 106 valence electrons. The maximum atomic E-state index is 13.0. The van der Waals surface area contributed by atoms with Crippen molar-refractivity contribution in [1.29, 1.82) is 0 Å². The van der Waals surface area contributed by atoms with Crippen molar-refractivity contribution in [3.8, 4) is 5.75 Å². The Labute approximate surface area is 118 Å². The fourth-order valence-electron chi connectivity index (χ4n) is 2.01. The van der Waals surface area contributed by atoms with E-state index in [9.17, 15) is 9.50 Å². The number of benzene rings is 2. The van der Waals surface area contributed by atoms with E-state index in [0.29, 0.717) is 0 Å². The summed E-state index contributed by atoms with van der Waals surface area (Å²) in [5.74, 6) is 0.474. The first-order valence-corrected chi connectivity index (χ1v) is 6.36. The van der Waals surface area contributed by atoms with Crippen LogP contribution >= 0.6 is 0 Å². The molecule has 2 aromatic carbocycles. The van der Waals surface area contributed by atoms with E-state index in [1.807, 2.05) is 31.2 Å². The normalized spacial score (nSPS) is 13.6. The summed E-state index contributed by atoms with van der Waals surface area (Å²) in [4.78, 5) is 0. The van der Waals surface area contributed by atoms with Gasteiger partial charge in [0.1, 0.15) is 11.6 Å². The summed E-state index contributed by atoms with van der Waals surface area (Å²) in [6.45, 7) is 1.76. The third kappa shape index (κ3) is 3.08. The molecule has 4 heteroatoms. The highest BCUT2D eigenvalue weighted by atomic mass is 19.1. The molecule has 2 N–H and O–H groups in total. The van der Waals surface area contributed by atoms with E-state index >= 15 is 0 Å². The predicted octanol–water partition coefficient (Wildman–Crippen LogP) is 3.15. The number of hydrogen-bond donors (Lipinski definition) is 2. The number of methoxy groups -OCH3 is 1. The minimum absolute atomic E-state index is 0.106. The lowest BCUT2D eigenvalue weighted by Crippen LogP contribution is -2.35. The van der Waals surface area contributed by atoms with Crippen LogP contribution in [-0.4, -0.2) is 18.8 Å². The second kappa shape index (κ2) is 5.92. The summed E-state index contributed by atoms with van der Waals surface area (Å²) in [5.41, 5.74) is 0.992. The van der Waals surface area contributed by atoms with Crippen LogP contribution in [0.2, 0.25) is 0 Å². The standard InChI is InChI=1S/C16H18FNO2/c1-16(11-19,12-3-5-13(17)6-4-12)18-14-7-9-15(20-2)10-8-14/h3-10,18-19H,11H2,1-2H3. The average Bonchev–Trinajstić information content (AvgIpc) is 2.48. The summed E-state index contributed by atoms with van der Waals surface area (Å²) >= 11 is 0. The fraction of sp³-hybridized carbons (Fsp3) is 0.250. The summed E-state index contributed by atoms with van der Waals surface area (Å²) in [7, 11) is 1.61. The zero-order chi connectivity index (χ0) is 14.6. The Hall–Kier alpha value is -2.07. The molecule has 0 saturated heterocycles. The molecule has 20 heavy (non-hydrogen) atoms. The van der Waals surface area contributed by atoms with E-state index in [2.05, 4.69) is 5.32 Å². The highest BCUT2D eigenvalue weighted by molar-refractivity contribution is 5.50. The molecule has 0 aliphatic rings. The van der Waals surface area contributed by atoms with Gasteiger partial charge in [-0.2, -0.15) is 0 Å². The molecule has 0 fully saturated rings. The largest absolute Gasteiger partial charge is 0.497 e. The van der Waals surface area contributed by atoms with Gasteiger partial charge < -0.3 is 15.2 Å². The van der Waals surface area contributed by atoms with E-state index in [1.165, 1.54) is 12.1 Å². The van der Waals surface area contributed by atoms with Gasteiger partial charge in [0.05, 0.1) is 19.3 Å². The van der Waals surface area contributed by atoms with Crippen molar-refractivity contribution >= 4 is 5.69 Å². The van der Waals surface area contributed by atoms with Crippen LogP contribution < -0.4 is 10.1 Å². The predicted molar refractivity (Wildman–Crippen MR) is 77.5 cm³/mol. The molecule has 0 bridgehead atoms. The Bertz CT molecular complexity index is 554. The Morgan fingerprint density at radius 1 is 1.10 bits per heavy atom. The topological polar surface area (TPSA) is 41.5 Å². The lowest BCUT2D eigenvalue weighted by Gasteiger charge is -2.30. The molecular formula is C16H18FNO2. The minimum Gasteiger partial charge on any atom is -0.497 e. The van der Waals surface area contributed by atoms with Crippen molar-refractivity contribution in [2.45, 2.75) is 12.5 Å². The van der Waals surface area contributed by atoms with Crippen molar-refractivity contribution < 1.29 is 14.2 Å². The van der Waals surface area contributed by atoms with Crippen LogP contribution in [0.25, 0.3) is 0 Å².